The number of nitrogens with zero attached hydrogens (tertiary/aromatic N) is 3. The zero-order chi connectivity index (χ0) is 20.3. The average molecular weight is 393 g/mol. The number of hydrogen-bond donors (Lipinski definition) is 0. The van der Waals surface area contributed by atoms with Gasteiger partial charge in [0.1, 0.15) is 11.7 Å². The molecule has 1 aromatic heterocycles. The van der Waals surface area contributed by atoms with Crippen molar-refractivity contribution in [3.63, 3.8) is 0 Å². The molecule has 0 spiro atoms. The molecule has 1 heterocycles. The predicted octanol–water partition coefficient (Wildman–Crippen LogP) is 6.10. The number of ether oxygens (including phenoxy) is 1. The number of hydrogen-bond acceptors (Lipinski definition) is 4. The van der Waals surface area contributed by atoms with Crippen LogP contribution in [0.4, 0.5) is 24.8 Å². The molecular formula is C21H26F3N3O. The Morgan fingerprint density at radius 1 is 1.14 bits per heavy atom. The van der Waals surface area contributed by atoms with Gasteiger partial charge < -0.3 is 9.64 Å². The lowest BCUT2D eigenvalue weighted by Crippen LogP contribution is -2.22. The van der Waals surface area contributed by atoms with E-state index >= 15 is 0 Å². The summed E-state index contributed by atoms with van der Waals surface area (Å²) in [4.78, 5) is 9.96. The summed E-state index contributed by atoms with van der Waals surface area (Å²) < 4.78 is 45.9. The highest BCUT2D eigenvalue weighted by Gasteiger charge is 2.37. The SMILES string of the molecule is CCN(c1ccc(C(C)C)cc1)c1ncc(C(F)(F)F)c(OC2CCCC2)n1. The maximum atomic E-state index is 13.4. The number of aromatic nitrogens is 2. The summed E-state index contributed by atoms with van der Waals surface area (Å²) in [6, 6.07) is 7.92. The molecule has 0 bridgehead atoms. The van der Waals surface area contributed by atoms with Crippen LogP contribution in [0, 0.1) is 0 Å². The second kappa shape index (κ2) is 8.37. The maximum Gasteiger partial charge on any atom is 0.423 e. The zero-order valence-corrected chi connectivity index (χ0v) is 16.5. The van der Waals surface area contributed by atoms with E-state index in [1.807, 2.05) is 31.2 Å². The van der Waals surface area contributed by atoms with Crippen molar-refractivity contribution >= 4 is 11.6 Å². The standard InChI is InChI=1S/C21H26F3N3O/c1-4-27(16-11-9-15(10-12-16)14(2)3)20-25-13-18(21(22,23)24)19(26-20)28-17-7-5-6-8-17/h9-14,17H,4-8H2,1-3H3. The average Bonchev–Trinajstić information content (AvgIpc) is 3.15. The molecule has 0 radical (unpaired) electrons. The molecule has 1 saturated carbocycles. The Kier molecular flexibility index (Phi) is 6.10. The fourth-order valence-corrected chi connectivity index (χ4v) is 3.41. The predicted molar refractivity (Wildman–Crippen MR) is 103 cm³/mol. The molecule has 1 aliphatic carbocycles. The van der Waals surface area contributed by atoms with Crippen LogP contribution in [0.5, 0.6) is 5.88 Å². The van der Waals surface area contributed by atoms with Crippen LogP contribution < -0.4 is 9.64 Å². The number of halogens is 3. The number of rotatable bonds is 6. The van der Waals surface area contributed by atoms with Gasteiger partial charge in [-0.1, -0.05) is 26.0 Å². The second-order valence-electron chi connectivity index (χ2n) is 7.40. The van der Waals surface area contributed by atoms with Crippen LogP contribution in [-0.2, 0) is 6.18 Å². The molecule has 1 fully saturated rings. The van der Waals surface area contributed by atoms with Gasteiger partial charge in [0.2, 0.25) is 11.8 Å². The van der Waals surface area contributed by atoms with E-state index in [9.17, 15) is 13.2 Å². The van der Waals surface area contributed by atoms with Gasteiger partial charge in [-0.25, -0.2) is 4.98 Å². The Hall–Kier alpha value is -2.31. The summed E-state index contributed by atoms with van der Waals surface area (Å²) in [5.41, 5.74) is 1.10. The molecule has 4 nitrogen and oxygen atoms in total. The van der Waals surface area contributed by atoms with Crippen molar-refractivity contribution in [3.05, 3.63) is 41.6 Å². The number of benzene rings is 1. The summed E-state index contributed by atoms with van der Waals surface area (Å²) >= 11 is 0. The lowest BCUT2D eigenvalue weighted by Gasteiger charge is -2.23. The minimum absolute atomic E-state index is 0.209. The van der Waals surface area contributed by atoms with Crippen LogP contribution in [0.25, 0.3) is 0 Å². The van der Waals surface area contributed by atoms with Crippen LogP contribution in [0.3, 0.4) is 0 Å². The third-order valence-electron chi connectivity index (χ3n) is 5.06. The van der Waals surface area contributed by atoms with Gasteiger partial charge in [0.15, 0.2) is 0 Å². The first-order valence-electron chi connectivity index (χ1n) is 9.78. The Labute approximate surface area is 163 Å². The van der Waals surface area contributed by atoms with Crippen molar-refractivity contribution in [1.82, 2.24) is 9.97 Å². The molecule has 2 aromatic rings. The Morgan fingerprint density at radius 2 is 1.79 bits per heavy atom. The van der Waals surface area contributed by atoms with E-state index in [4.69, 9.17) is 4.74 Å². The van der Waals surface area contributed by atoms with Gasteiger partial charge in [0, 0.05) is 18.4 Å². The molecule has 28 heavy (non-hydrogen) atoms. The minimum atomic E-state index is -4.55. The topological polar surface area (TPSA) is 38.2 Å². The van der Waals surface area contributed by atoms with Gasteiger partial charge in [0.05, 0.1) is 0 Å². The highest BCUT2D eigenvalue weighted by molar-refractivity contribution is 5.58. The van der Waals surface area contributed by atoms with Crippen LogP contribution in [-0.4, -0.2) is 22.6 Å². The largest absolute Gasteiger partial charge is 0.474 e. The molecular weight excluding hydrogens is 367 g/mol. The summed E-state index contributed by atoms with van der Waals surface area (Å²) in [5, 5.41) is 0. The third-order valence-corrected chi connectivity index (χ3v) is 5.06. The molecule has 0 unspecified atom stereocenters. The van der Waals surface area contributed by atoms with Crippen LogP contribution in [0.15, 0.2) is 30.5 Å². The normalized spacial score (nSPS) is 15.2. The van der Waals surface area contributed by atoms with Crippen molar-refractivity contribution in [2.45, 2.75) is 64.7 Å². The molecule has 0 atom stereocenters. The summed E-state index contributed by atoms with van der Waals surface area (Å²) in [6.45, 7) is 6.65. The molecule has 0 saturated heterocycles. The molecule has 1 aromatic carbocycles. The van der Waals surface area contributed by atoms with Crippen molar-refractivity contribution < 1.29 is 17.9 Å². The highest BCUT2D eigenvalue weighted by atomic mass is 19.4. The van der Waals surface area contributed by atoms with E-state index < -0.39 is 11.7 Å². The summed E-state index contributed by atoms with van der Waals surface area (Å²) in [5.74, 6) is 0.236. The minimum Gasteiger partial charge on any atom is -0.474 e. The number of anilines is 2. The Bertz CT molecular complexity index is 784. The third kappa shape index (κ3) is 4.56. The van der Waals surface area contributed by atoms with Gasteiger partial charge in [-0.2, -0.15) is 18.2 Å². The van der Waals surface area contributed by atoms with Crippen molar-refractivity contribution in [2.75, 3.05) is 11.4 Å². The second-order valence-corrected chi connectivity index (χ2v) is 7.40. The van der Waals surface area contributed by atoms with Gasteiger partial charge in [-0.05, 0) is 56.2 Å². The van der Waals surface area contributed by atoms with E-state index in [-0.39, 0.29) is 17.9 Å². The first-order valence-corrected chi connectivity index (χ1v) is 9.78. The molecule has 0 amide bonds. The fourth-order valence-electron chi connectivity index (χ4n) is 3.41. The molecule has 0 N–H and O–H groups in total. The first-order chi connectivity index (χ1) is 13.3. The molecule has 0 aliphatic heterocycles. The zero-order valence-electron chi connectivity index (χ0n) is 16.5. The Balaban J connectivity index is 1.94. The smallest absolute Gasteiger partial charge is 0.423 e. The summed E-state index contributed by atoms with van der Waals surface area (Å²) in [7, 11) is 0. The molecule has 152 valence electrons. The van der Waals surface area contributed by atoms with Crippen LogP contribution in [0.1, 0.15) is 63.5 Å². The van der Waals surface area contributed by atoms with E-state index in [1.165, 1.54) is 5.56 Å². The lowest BCUT2D eigenvalue weighted by atomic mass is 10.0. The lowest BCUT2D eigenvalue weighted by molar-refractivity contribution is -0.139. The van der Waals surface area contributed by atoms with E-state index in [0.717, 1.165) is 37.6 Å². The van der Waals surface area contributed by atoms with Crippen molar-refractivity contribution in [2.24, 2.45) is 0 Å². The van der Waals surface area contributed by atoms with Crippen molar-refractivity contribution in [1.29, 1.82) is 0 Å². The van der Waals surface area contributed by atoms with Gasteiger partial charge in [-0.15, -0.1) is 0 Å². The van der Waals surface area contributed by atoms with Gasteiger partial charge >= 0.3 is 6.18 Å². The first kappa shape index (κ1) is 20.4. The van der Waals surface area contributed by atoms with E-state index in [0.29, 0.717) is 12.5 Å². The fraction of sp³-hybridized carbons (Fsp3) is 0.524. The van der Waals surface area contributed by atoms with Crippen LogP contribution >= 0.6 is 0 Å². The summed E-state index contributed by atoms with van der Waals surface area (Å²) in [6.07, 6.45) is -0.500. The Morgan fingerprint density at radius 3 is 2.32 bits per heavy atom. The van der Waals surface area contributed by atoms with Crippen molar-refractivity contribution in [3.8, 4) is 5.88 Å². The van der Waals surface area contributed by atoms with Gasteiger partial charge in [-0.3, -0.25) is 0 Å². The highest BCUT2D eigenvalue weighted by Crippen LogP contribution is 2.38. The monoisotopic (exact) mass is 393 g/mol. The van der Waals surface area contributed by atoms with E-state index in [1.54, 1.807) is 4.90 Å². The molecule has 3 rings (SSSR count). The maximum absolute atomic E-state index is 13.4. The van der Waals surface area contributed by atoms with E-state index in [2.05, 4.69) is 23.8 Å². The number of alkyl halides is 3. The molecule has 7 heteroatoms. The molecule has 1 aliphatic rings. The van der Waals surface area contributed by atoms with Gasteiger partial charge in [0.25, 0.3) is 0 Å². The quantitative estimate of drug-likeness (QED) is 0.594. The van der Waals surface area contributed by atoms with Crippen LogP contribution in [0.2, 0.25) is 0 Å².